The molecule has 0 amide bonds. The zero-order chi connectivity index (χ0) is 14.4. The van der Waals surface area contributed by atoms with Crippen molar-refractivity contribution in [2.45, 2.75) is 43.0 Å². The molecule has 20 heavy (non-hydrogen) atoms. The Hall–Kier alpha value is -1.25. The number of rotatable bonds is 6. The molecule has 0 saturated carbocycles. The van der Waals surface area contributed by atoms with Gasteiger partial charge in [0.1, 0.15) is 0 Å². The van der Waals surface area contributed by atoms with Crippen LogP contribution in [0.1, 0.15) is 37.4 Å². The summed E-state index contributed by atoms with van der Waals surface area (Å²) < 4.78 is 0. The molecule has 2 heteroatoms. The van der Waals surface area contributed by atoms with Crippen molar-refractivity contribution in [2.24, 2.45) is 0 Å². The average Bonchev–Trinajstić information content (AvgIpc) is 2.45. The van der Waals surface area contributed by atoms with E-state index < -0.39 is 0 Å². The Labute approximate surface area is 126 Å². The predicted octanol–water partition coefficient (Wildman–Crippen LogP) is 5.21. The van der Waals surface area contributed by atoms with Crippen LogP contribution in [0.4, 0.5) is 0 Å². The highest BCUT2D eigenvalue weighted by molar-refractivity contribution is 7.99. The van der Waals surface area contributed by atoms with Gasteiger partial charge in [-0.3, -0.25) is 0 Å². The molecule has 0 bridgehead atoms. The van der Waals surface area contributed by atoms with E-state index >= 15 is 0 Å². The molecule has 2 rings (SSSR count). The monoisotopic (exact) mass is 285 g/mol. The van der Waals surface area contributed by atoms with Gasteiger partial charge in [0.05, 0.1) is 0 Å². The summed E-state index contributed by atoms with van der Waals surface area (Å²) in [5.41, 5.74) is 2.66. The molecule has 0 aromatic heterocycles. The van der Waals surface area contributed by atoms with Gasteiger partial charge in [0.15, 0.2) is 0 Å². The standard InChI is InChI=1S/C18H23NS/c1-4-12-19-15(3)16-8-10-17(11-9-16)20-18-7-5-6-14(2)13-18/h5-11,13,15,19H,4,12H2,1-3H3. The number of hydrogen-bond donors (Lipinski definition) is 1. The second kappa shape index (κ2) is 7.51. The second-order valence-corrected chi connectivity index (χ2v) is 6.31. The lowest BCUT2D eigenvalue weighted by Gasteiger charge is -2.14. The van der Waals surface area contributed by atoms with E-state index in [1.807, 2.05) is 11.8 Å². The summed E-state index contributed by atoms with van der Waals surface area (Å²) in [4.78, 5) is 2.59. The normalized spacial score (nSPS) is 12.3. The zero-order valence-electron chi connectivity index (χ0n) is 12.5. The fourth-order valence-electron chi connectivity index (χ4n) is 2.12. The molecule has 0 radical (unpaired) electrons. The van der Waals surface area contributed by atoms with Gasteiger partial charge >= 0.3 is 0 Å². The quantitative estimate of drug-likeness (QED) is 0.782. The maximum Gasteiger partial charge on any atom is 0.0291 e. The summed E-state index contributed by atoms with van der Waals surface area (Å²) in [6.45, 7) is 7.62. The van der Waals surface area contributed by atoms with Gasteiger partial charge in [-0.2, -0.15) is 0 Å². The first kappa shape index (κ1) is 15.1. The van der Waals surface area contributed by atoms with Crippen molar-refractivity contribution in [3.05, 3.63) is 59.7 Å². The van der Waals surface area contributed by atoms with Crippen LogP contribution in [0.3, 0.4) is 0 Å². The number of nitrogens with one attached hydrogen (secondary N) is 1. The van der Waals surface area contributed by atoms with E-state index in [0.29, 0.717) is 6.04 Å². The number of aryl methyl sites for hydroxylation is 1. The summed E-state index contributed by atoms with van der Waals surface area (Å²) in [6.07, 6.45) is 1.17. The molecule has 106 valence electrons. The lowest BCUT2D eigenvalue weighted by molar-refractivity contribution is 0.570. The Balaban J connectivity index is 2.01. The van der Waals surface area contributed by atoms with Crippen molar-refractivity contribution in [3.8, 4) is 0 Å². The van der Waals surface area contributed by atoms with Gasteiger partial charge in [-0.15, -0.1) is 0 Å². The van der Waals surface area contributed by atoms with Crippen molar-refractivity contribution in [1.29, 1.82) is 0 Å². The fourth-order valence-corrected chi connectivity index (χ4v) is 3.05. The molecule has 1 unspecified atom stereocenters. The van der Waals surface area contributed by atoms with Gasteiger partial charge in [0.2, 0.25) is 0 Å². The van der Waals surface area contributed by atoms with Crippen molar-refractivity contribution >= 4 is 11.8 Å². The van der Waals surface area contributed by atoms with E-state index in [9.17, 15) is 0 Å². The summed E-state index contributed by atoms with van der Waals surface area (Å²) in [7, 11) is 0. The predicted molar refractivity (Wildman–Crippen MR) is 88.5 cm³/mol. The summed E-state index contributed by atoms with van der Waals surface area (Å²) in [5.74, 6) is 0. The third-order valence-electron chi connectivity index (χ3n) is 3.31. The minimum absolute atomic E-state index is 0.424. The van der Waals surface area contributed by atoms with E-state index in [4.69, 9.17) is 0 Å². The molecule has 2 aromatic carbocycles. The molecule has 1 atom stereocenters. The van der Waals surface area contributed by atoms with Crippen LogP contribution < -0.4 is 5.32 Å². The van der Waals surface area contributed by atoms with Gasteiger partial charge in [-0.05, 0) is 56.6 Å². The first-order chi connectivity index (χ1) is 9.69. The molecule has 1 N–H and O–H groups in total. The van der Waals surface area contributed by atoms with Crippen molar-refractivity contribution in [2.75, 3.05) is 6.54 Å². The minimum atomic E-state index is 0.424. The average molecular weight is 285 g/mol. The highest BCUT2D eigenvalue weighted by Crippen LogP contribution is 2.29. The Morgan fingerprint density at radius 2 is 1.80 bits per heavy atom. The molecule has 0 aliphatic heterocycles. The lowest BCUT2D eigenvalue weighted by atomic mass is 10.1. The SMILES string of the molecule is CCCNC(C)c1ccc(Sc2cccc(C)c2)cc1. The number of benzene rings is 2. The minimum Gasteiger partial charge on any atom is -0.310 e. The van der Waals surface area contributed by atoms with Crippen molar-refractivity contribution < 1.29 is 0 Å². The highest BCUT2D eigenvalue weighted by atomic mass is 32.2. The summed E-state index contributed by atoms with van der Waals surface area (Å²) in [5, 5.41) is 3.52. The lowest BCUT2D eigenvalue weighted by Crippen LogP contribution is -2.19. The van der Waals surface area contributed by atoms with Crippen LogP contribution >= 0.6 is 11.8 Å². The highest BCUT2D eigenvalue weighted by Gasteiger charge is 2.04. The Morgan fingerprint density at radius 3 is 2.45 bits per heavy atom. The van der Waals surface area contributed by atoms with E-state index in [-0.39, 0.29) is 0 Å². The summed E-state index contributed by atoms with van der Waals surface area (Å²) in [6, 6.07) is 17.9. The molecule has 0 aliphatic rings. The molecule has 0 aliphatic carbocycles. The molecule has 0 heterocycles. The van der Waals surface area contributed by atoms with Crippen LogP contribution in [0.15, 0.2) is 58.3 Å². The van der Waals surface area contributed by atoms with Crippen molar-refractivity contribution in [3.63, 3.8) is 0 Å². The fraction of sp³-hybridized carbons (Fsp3) is 0.333. The van der Waals surface area contributed by atoms with E-state index in [1.54, 1.807) is 0 Å². The van der Waals surface area contributed by atoms with E-state index in [2.05, 4.69) is 74.6 Å². The summed E-state index contributed by atoms with van der Waals surface area (Å²) >= 11 is 1.82. The van der Waals surface area contributed by atoms with Crippen LogP contribution in [-0.2, 0) is 0 Å². The topological polar surface area (TPSA) is 12.0 Å². The maximum absolute atomic E-state index is 3.52. The molecule has 0 saturated heterocycles. The molecule has 2 aromatic rings. The van der Waals surface area contributed by atoms with Crippen LogP contribution in [0.5, 0.6) is 0 Å². The van der Waals surface area contributed by atoms with Crippen LogP contribution in [-0.4, -0.2) is 6.54 Å². The van der Waals surface area contributed by atoms with Crippen LogP contribution in [0.25, 0.3) is 0 Å². The third kappa shape index (κ3) is 4.39. The van der Waals surface area contributed by atoms with Crippen molar-refractivity contribution in [1.82, 2.24) is 5.32 Å². The van der Waals surface area contributed by atoms with Gasteiger partial charge in [0, 0.05) is 15.8 Å². The molecular formula is C18H23NS. The van der Waals surface area contributed by atoms with Gasteiger partial charge in [-0.25, -0.2) is 0 Å². The first-order valence-corrected chi connectivity index (χ1v) is 8.08. The Bertz CT molecular complexity index is 533. The first-order valence-electron chi connectivity index (χ1n) is 7.27. The van der Waals surface area contributed by atoms with Gasteiger partial charge < -0.3 is 5.32 Å². The van der Waals surface area contributed by atoms with Gasteiger partial charge in [-0.1, -0.05) is 48.5 Å². The largest absolute Gasteiger partial charge is 0.310 e. The Morgan fingerprint density at radius 1 is 1.05 bits per heavy atom. The Kier molecular flexibility index (Phi) is 5.69. The molecule has 0 fully saturated rings. The maximum atomic E-state index is 3.52. The van der Waals surface area contributed by atoms with E-state index in [1.165, 1.54) is 27.3 Å². The third-order valence-corrected chi connectivity index (χ3v) is 4.30. The van der Waals surface area contributed by atoms with E-state index in [0.717, 1.165) is 6.54 Å². The second-order valence-electron chi connectivity index (χ2n) is 5.16. The van der Waals surface area contributed by atoms with Gasteiger partial charge in [0.25, 0.3) is 0 Å². The molecule has 1 nitrogen and oxygen atoms in total. The molecular weight excluding hydrogens is 262 g/mol. The van der Waals surface area contributed by atoms with Crippen LogP contribution in [0.2, 0.25) is 0 Å². The number of hydrogen-bond acceptors (Lipinski definition) is 2. The van der Waals surface area contributed by atoms with Crippen LogP contribution in [0, 0.1) is 6.92 Å². The zero-order valence-corrected chi connectivity index (χ0v) is 13.3. The molecule has 0 spiro atoms. The smallest absolute Gasteiger partial charge is 0.0291 e.